The molecule has 262 valence electrons. The van der Waals surface area contributed by atoms with Crippen LogP contribution in [0.15, 0.2) is 84.2 Å². The molecular formula is C35H38Cl3N9O3. The Kier molecular flexibility index (Phi) is 10.1. The number of nitrogens with zero attached hydrogens (tertiary/aromatic N) is 8. The molecule has 12 nitrogen and oxygen atoms in total. The fourth-order valence-corrected chi connectivity index (χ4v) is 7.24. The molecule has 4 heterocycles. The van der Waals surface area contributed by atoms with E-state index in [1.165, 1.54) is 9.48 Å². The van der Waals surface area contributed by atoms with E-state index in [0.29, 0.717) is 33.8 Å². The first kappa shape index (κ1) is 34.4. The van der Waals surface area contributed by atoms with Gasteiger partial charge in [0.1, 0.15) is 19.0 Å². The van der Waals surface area contributed by atoms with E-state index in [1.807, 2.05) is 44.2 Å². The molecule has 0 radical (unpaired) electrons. The second-order valence-corrected chi connectivity index (χ2v) is 13.8. The predicted molar refractivity (Wildman–Crippen MR) is 196 cm³/mol. The lowest BCUT2D eigenvalue weighted by molar-refractivity contribution is -0.189. The highest BCUT2D eigenvalue weighted by molar-refractivity contribution is 6.35. The van der Waals surface area contributed by atoms with Crippen LogP contribution in [0.3, 0.4) is 0 Å². The summed E-state index contributed by atoms with van der Waals surface area (Å²) in [5.74, 6) is -1.17. The molecule has 3 atom stereocenters. The fraction of sp³-hybridized carbons (Fsp3) is 0.371. The molecule has 2 aliphatic heterocycles. The molecule has 2 saturated heterocycles. The van der Waals surface area contributed by atoms with Crippen molar-refractivity contribution >= 4 is 51.9 Å². The van der Waals surface area contributed by atoms with E-state index in [1.54, 1.807) is 35.4 Å². The number of hydrogen-bond acceptors (Lipinski definition) is 9. The highest BCUT2D eigenvalue weighted by Crippen LogP contribution is 2.40. The van der Waals surface area contributed by atoms with Crippen LogP contribution < -0.4 is 20.8 Å². The molecule has 50 heavy (non-hydrogen) atoms. The molecule has 0 saturated carbocycles. The molecule has 0 bridgehead atoms. The molecular weight excluding hydrogens is 701 g/mol. The second-order valence-electron chi connectivity index (χ2n) is 12.5. The summed E-state index contributed by atoms with van der Waals surface area (Å²) in [5.41, 5.74) is 4.33. The molecule has 1 N–H and O–H groups in total. The smallest absolute Gasteiger partial charge is 0.350 e. The summed E-state index contributed by atoms with van der Waals surface area (Å²) >= 11 is 19.6. The van der Waals surface area contributed by atoms with Gasteiger partial charge in [0, 0.05) is 54.7 Å². The van der Waals surface area contributed by atoms with Crippen LogP contribution in [0, 0.1) is 0 Å². The van der Waals surface area contributed by atoms with E-state index in [0.717, 1.165) is 55.3 Å². The zero-order valence-electron chi connectivity index (χ0n) is 27.8. The van der Waals surface area contributed by atoms with Crippen molar-refractivity contribution < 1.29 is 9.47 Å². The SMILES string of the molecule is CCC(C)n1ncn(-c2ccc(N3CCN(c4ccc(NCC5COC(Cn6nccn6)(c6ccc(Cl)cc6Cl)O5)cc4Cl)CC3)cc2)c1=O. The number of nitrogens with one attached hydrogen (secondary N) is 1. The number of aromatic nitrogens is 6. The van der Waals surface area contributed by atoms with Gasteiger partial charge in [0.25, 0.3) is 0 Å². The molecule has 3 aromatic carbocycles. The summed E-state index contributed by atoms with van der Waals surface area (Å²) in [6, 6.07) is 19.4. The van der Waals surface area contributed by atoms with E-state index in [2.05, 4.69) is 48.6 Å². The standard InChI is InChI=1S/C35H38Cl3N9O3/c1-3-24(2)47-34(48)45(23-42-47)28-8-6-27(7-9-28)43-14-16-44(17-15-43)33-11-5-26(19-32(33)38)39-20-29-21-49-35(50-29,22-46-40-12-13-41-46)30-10-4-25(36)18-31(30)37/h4-13,18-19,23-24,29,39H,3,14-17,20-22H2,1-2H3. The largest absolute Gasteiger partial charge is 0.382 e. The van der Waals surface area contributed by atoms with Crippen molar-refractivity contribution in [2.24, 2.45) is 0 Å². The third kappa shape index (κ3) is 7.08. The number of hydrogen-bond donors (Lipinski definition) is 1. The van der Waals surface area contributed by atoms with Crippen LogP contribution in [0.2, 0.25) is 15.1 Å². The van der Waals surface area contributed by atoms with Gasteiger partial charge in [-0.25, -0.2) is 14.0 Å². The van der Waals surface area contributed by atoms with Crippen LogP contribution in [0.4, 0.5) is 17.1 Å². The van der Waals surface area contributed by atoms with E-state index in [4.69, 9.17) is 44.3 Å². The number of rotatable bonds is 11. The zero-order valence-corrected chi connectivity index (χ0v) is 30.0. The summed E-state index contributed by atoms with van der Waals surface area (Å²) in [7, 11) is 0. The Bertz CT molecular complexity index is 1980. The second kappa shape index (κ2) is 14.7. The van der Waals surface area contributed by atoms with Gasteiger partial charge in [-0.2, -0.15) is 20.1 Å². The monoisotopic (exact) mass is 737 g/mol. The molecule has 2 fully saturated rings. The van der Waals surface area contributed by atoms with Crippen LogP contribution in [-0.2, 0) is 21.8 Å². The third-order valence-corrected chi connectivity index (χ3v) is 10.2. The third-order valence-electron chi connectivity index (χ3n) is 9.31. The Morgan fingerprint density at radius 3 is 2.32 bits per heavy atom. The van der Waals surface area contributed by atoms with E-state index in [9.17, 15) is 4.79 Å². The summed E-state index contributed by atoms with van der Waals surface area (Å²) < 4.78 is 15.9. The van der Waals surface area contributed by atoms with E-state index < -0.39 is 5.79 Å². The van der Waals surface area contributed by atoms with Crippen LogP contribution in [0.25, 0.3) is 5.69 Å². The van der Waals surface area contributed by atoms with Crippen molar-refractivity contribution in [3.8, 4) is 5.69 Å². The summed E-state index contributed by atoms with van der Waals surface area (Å²) in [6.45, 7) is 8.42. The Morgan fingerprint density at radius 1 is 0.900 bits per heavy atom. The van der Waals surface area contributed by atoms with Gasteiger partial charge in [0.05, 0.1) is 46.5 Å². The first-order valence-corrected chi connectivity index (χ1v) is 17.8. The number of ether oxygens (including phenoxy) is 2. The summed E-state index contributed by atoms with van der Waals surface area (Å²) in [4.78, 5) is 19.0. The zero-order chi connectivity index (χ0) is 34.8. The van der Waals surface area contributed by atoms with Crippen LogP contribution in [0.5, 0.6) is 0 Å². The van der Waals surface area contributed by atoms with Crippen molar-refractivity contribution in [1.29, 1.82) is 0 Å². The van der Waals surface area contributed by atoms with Gasteiger partial charge in [-0.05, 0) is 67.9 Å². The average molecular weight is 739 g/mol. The number of benzene rings is 3. The molecule has 2 aliphatic rings. The maximum Gasteiger partial charge on any atom is 0.350 e. The van der Waals surface area contributed by atoms with Gasteiger partial charge in [-0.1, -0.05) is 47.8 Å². The quantitative estimate of drug-likeness (QED) is 0.168. The molecule has 3 unspecified atom stereocenters. The highest BCUT2D eigenvalue weighted by Gasteiger charge is 2.45. The fourth-order valence-electron chi connectivity index (χ4n) is 6.39. The predicted octanol–water partition coefficient (Wildman–Crippen LogP) is 6.26. The van der Waals surface area contributed by atoms with Crippen molar-refractivity contribution in [3.05, 3.63) is 111 Å². The van der Waals surface area contributed by atoms with Gasteiger partial charge in [-0.15, -0.1) is 0 Å². The molecule has 0 amide bonds. The molecule has 15 heteroatoms. The van der Waals surface area contributed by atoms with Crippen LogP contribution >= 0.6 is 34.8 Å². The van der Waals surface area contributed by atoms with Gasteiger partial charge >= 0.3 is 5.69 Å². The molecule has 2 aromatic heterocycles. The lowest BCUT2D eigenvalue weighted by Crippen LogP contribution is -2.46. The molecule has 7 rings (SSSR count). The van der Waals surface area contributed by atoms with Crippen LogP contribution in [-0.4, -0.2) is 74.8 Å². The average Bonchev–Trinajstić information content (AvgIpc) is 3.88. The molecule has 5 aromatic rings. The minimum Gasteiger partial charge on any atom is -0.382 e. The maximum atomic E-state index is 12.8. The van der Waals surface area contributed by atoms with Gasteiger partial charge in [-0.3, -0.25) is 0 Å². The Hall–Kier alpha value is -4.07. The lowest BCUT2D eigenvalue weighted by Gasteiger charge is -2.37. The molecule has 0 aliphatic carbocycles. The minimum atomic E-state index is -1.17. The van der Waals surface area contributed by atoms with Crippen molar-refractivity contribution in [2.75, 3.05) is 54.4 Å². The Morgan fingerprint density at radius 2 is 1.62 bits per heavy atom. The first-order valence-electron chi connectivity index (χ1n) is 16.6. The van der Waals surface area contributed by atoms with Gasteiger partial charge in [0.2, 0.25) is 5.79 Å². The Balaban J connectivity index is 0.947. The van der Waals surface area contributed by atoms with Crippen molar-refractivity contribution in [2.45, 2.75) is 44.7 Å². The number of anilines is 3. The normalized spacial score (nSPS) is 20.0. The number of halogens is 3. The highest BCUT2D eigenvalue weighted by atomic mass is 35.5. The summed E-state index contributed by atoms with van der Waals surface area (Å²) in [6.07, 6.45) is 5.37. The number of piperazine rings is 1. The lowest BCUT2D eigenvalue weighted by atomic mass is 10.1. The molecule has 0 spiro atoms. The van der Waals surface area contributed by atoms with Gasteiger partial charge < -0.3 is 24.6 Å². The van der Waals surface area contributed by atoms with Crippen molar-refractivity contribution in [3.63, 3.8) is 0 Å². The summed E-state index contributed by atoms with van der Waals surface area (Å²) in [5, 5.41) is 17.9. The topological polar surface area (TPSA) is 108 Å². The minimum absolute atomic E-state index is 0.0572. The van der Waals surface area contributed by atoms with Gasteiger partial charge in [0.15, 0.2) is 0 Å². The van der Waals surface area contributed by atoms with E-state index in [-0.39, 0.29) is 24.4 Å². The maximum absolute atomic E-state index is 12.8. The van der Waals surface area contributed by atoms with Crippen molar-refractivity contribution in [1.82, 2.24) is 29.3 Å². The van der Waals surface area contributed by atoms with Crippen LogP contribution in [0.1, 0.15) is 31.9 Å². The van der Waals surface area contributed by atoms with E-state index >= 15 is 0 Å². The first-order chi connectivity index (χ1) is 24.2. The Labute approximate surface area is 305 Å².